The third kappa shape index (κ3) is 3.17. The molecule has 2 heterocycles. The van der Waals surface area contributed by atoms with Gasteiger partial charge in [-0.3, -0.25) is 0 Å². The molecule has 0 aromatic carbocycles. The van der Waals surface area contributed by atoms with Crippen molar-refractivity contribution in [3.05, 3.63) is 24.4 Å². The van der Waals surface area contributed by atoms with Crippen molar-refractivity contribution in [2.45, 2.75) is 30.0 Å². The minimum atomic E-state index is -1.31. The average Bonchev–Trinajstić information content (AvgIpc) is 2.52. The Hall–Kier alpha value is -0.660. The Kier molecular flexibility index (Phi) is 4.36. The Balaban J connectivity index is 2.06. The van der Waals surface area contributed by atoms with Crippen LogP contribution < -0.4 is 5.73 Å². The van der Waals surface area contributed by atoms with Crippen LogP contribution in [0.1, 0.15) is 12.8 Å². The summed E-state index contributed by atoms with van der Waals surface area (Å²) in [6.07, 6.45) is 2.60. The highest BCUT2D eigenvalue weighted by atomic mass is 32.2. The number of β-amino-alcohol motifs (C(OH)–C–C–N with tert-alkyl or cyclic N) is 1. The Morgan fingerprint density at radius 1 is 1.53 bits per heavy atom. The minimum absolute atomic E-state index is 0.222. The van der Waals surface area contributed by atoms with Crippen molar-refractivity contribution in [1.29, 1.82) is 0 Å². The fraction of sp³-hybridized carbons (Fsp3) is 0.545. The molecule has 94 valence electrons. The summed E-state index contributed by atoms with van der Waals surface area (Å²) in [5.74, 6) is 0. The number of rotatable bonds is 2. The first-order chi connectivity index (χ1) is 8.18. The van der Waals surface area contributed by atoms with Gasteiger partial charge < -0.3 is 15.4 Å². The second-order valence-corrected chi connectivity index (χ2v) is 5.61. The molecule has 3 N–H and O–H groups in total. The normalized spacial score (nSPS) is 28.6. The molecule has 1 aromatic rings. The van der Waals surface area contributed by atoms with E-state index in [9.17, 15) is 9.66 Å². The van der Waals surface area contributed by atoms with Crippen LogP contribution in [-0.4, -0.2) is 44.2 Å². The van der Waals surface area contributed by atoms with Gasteiger partial charge in [0, 0.05) is 24.8 Å². The molecule has 3 atom stereocenters. The molecule has 1 fully saturated rings. The third-order valence-electron chi connectivity index (χ3n) is 2.88. The van der Waals surface area contributed by atoms with Crippen molar-refractivity contribution in [1.82, 2.24) is 9.29 Å². The summed E-state index contributed by atoms with van der Waals surface area (Å²) >= 11 is -1.31. The van der Waals surface area contributed by atoms with Crippen LogP contribution in [0, 0.1) is 0 Å². The molecular formula is C11H17N3O2S. The van der Waals surface area contributed by atoms with E-state index in [0.717, 1.165) is 12.8 Å². The van der Waals surface area contributed by atoms with E-state index in [2.05, 4.69) is 4.98 Å². The maximum atomic E-state index is 12.2. The number of pyridine rings is 1. The second-order valence-electron chi connectivity index (χ2n) is 4.18. The van der Waals surface area contributed by atoms with Crippen molar-refractivity contribution >= 4 is 11.4 Å². The molecule has 0 saturated carbocycles. The van der Waals surface area contributed by atoms with E-state index in [1.165, 1.54) is 0 Å². The molecule has 6 heteroatoms. The van der Waals surface area contributed by atoms with Crippen molar-refractivity contribution in [3.63, 3.8) is 0 Å². The standard InChI is InChI=1S/C11H17N3O2S/c12-9-4-3-7-14(8-10(9)15)17(16)11-5-1-2-6-13-11/h1-2,5-6,9-10,15H,3-4,7-8,12H2. The molecule has 1 aliphatic heterocycles. The Labute approximate surface area is 104 Å². The van der Waals surface area contributed by atoms with E-state index < -0.39 is 17.5 Å². The highest BCUT2D eigenvalue weighted by molar-refractivity contribution is 7.89. The van der Waals surface area contributed by atoms with Crippen molar-refractivity contribution < 1.29 is 9.66 Å². The fourth-order valence-corrected chi connectivity index (χ4v) is 3.06. The number of aromatic nitrogens is 1. The van der Waals surface area contributed by atoms with Crippen LogP contribution in [0.3, 0.4) is 0 Å². The molecule has 0 radical (unpaired) electrons. The highest BCUT2D eigenvalue weighted by Crippen LogP contribution is 2.18. The van der Waals surface area contributed by atoms with Gasteiger partial charge in [-0.15, -0.1) is 4.31 Å². The van der Waals surface area contributed by atoms with Crippen LogP contribution >= 0.6 is 0 Å². The third-order valence-corrected chi connectivity index (χ3v) is 4.28. The van der Waals surface area contributed by atoms with Gasteiger partial charge in [-0.05, 0) is 18.9 Å². The zero-order chi connectivity index (χ0) is 12.3. The van der Waals surface area contributed by atoms with E-state index in [-0.39, 0.29) is 6.04 Å². The van der Waals surface area contributed by atoms with Crippen molar-refractivity contribution in [3.8, 4) is 0 Å². The van der Waals surface area contributed by atoms with Gasteiger partial charge in [-0.25, -0.2) is 4.98 Å². The van der Waals surface area contributed by atoms with Crippen molar-refractivity contribution in [2.24, 2.45) is 5.73 Å². The van der Waals surface area contributed by atoms with E-state index in [4.69, 9.17) is 5.73 Å². The molecule has 0 amide bonds. The van der Waals surface area contributed by atoms with Crippen LogP contribution in [0.5, 0.6) is 0 Å². The molecule has 1 saturated heterocycles. The summed E-state index contributed by atoms with van der Waals surface area (Å²) in [4.78, 5) is 4.07. The number of hydrogen-bond acceptors (Lipinski definition) is 5. The summed E-state index contributed by atoms with van der Waals surface area (Å²) < 4.78 is 14.0. The smallest absolute Gasteiger partial charge is 0.265 e. The maximum Gasteiger partial charge on any atom is 0.265 e. The van der Waals surface area contributed by atoms with Gasteiger partial charge in [-0.2, -0.15) is 0 Å². The van der Waals surface area contributed by atoms with Gasteiger partial charge in [0.25, 0.3) is 5.03 Å². The predicted molar refractivity (Wildman–Crippen MR) is 65.4 cm³/mol. The Morgan fingerprint density at radius 3 is 3.06 bits per heavy atom. The van der Waals surface area contributed by atoms with Crippen LogP contribution in [0.2, 0.25) is 0 Å². The summed E-state index contributed by atoms with van der Waals surface area (Å²) in [5.41, 5.74) is 5.79. The molecule has 0 spiro atoms. The van der Waals surface area contributed by atoms with Gasteiger partial charge in [-0.1, -0.05) is 6.07 Å². The lowest BCUT2D eigenvalue weighted by Gasteiger charge is -2.23. The van der Waals surface area contributed by atoms with Gasteiger partial charge in [0.15, 0.2) is 0 Å². The predicted octanol–water partition coefficient (Wildman–Crippen LogP) is -0.112. The topological polar surface area (TPSA) is 85.4 Å². The number of hydrogen-bond donors (Lipinski definition) is 2. The molecule has 0 aliphatic carbocycles. The fourth-order valence-electron chi connectivity index (χ4n) is 1.86. The molecule has 0 bridgehead atoms. The van der Waals surface area contributed by atoms with Gasteiger partial charge in [0.2, 0.25) is 0 Å². The van der Waals surface area contributed by atoms with Crippen LogP contribution in [0.25, 0.3) is 0 Å². The first-order valence-electron chi connectivity index (χ1n) is 5.70. The molecule has 1 aromatic heterocycles. The number of aliphatic hydroxyl groups excluding tert-OH is 1. The Morgan fingerprint density at radius 2 is 2.35 bits per heavy atom. The molecule has 17 heavy (non-hydrogen) atoms. The SMILES string of the molecule is NC1CCCN([S+]([O-])c2ccccn2)CC1O. The lowest BCUT2D eigenvalue weighted by molar-refractivity contribution is 0.130. The summed E-state index contributed by atoms with van der Waals surface area (Å²) in [6, 6.07) is 5.10. The van der Waals surface area contributed by atoms with Crippen molar-refractivity contribution in [2.75, 3.05) is 13.1 Å². The number of nitrogens with zero attached hydrogens (tertiary/aromatic N) is 2. The van der Waals surface area contributed by atoms with Gasteiger partial charge >= 0.3 is 0 Å². The summed E-state index contributed by atoms with van der Waals surface area (Å²) in [6.45, 7) is 1.01. The summed E-state index contributed by atoms with van der Waals surface area (Å²) in [7, 11) is 0. The zero-order valence-electron chi connectivity index (χ0n) is 9.53. The first kappa shape index (κ1) is 12.8. The molecule has 1 aliphatic rings. The molecular weight excluding hydrogens is 238 g/mol. The van der Waals surface area contributed by atoms with Crippen LogP contribution in [-0.2, 0) is 11.4 Å². The second kappa shape index (κ2) is 5.79. The lowest BCUT2D eigenvalue weighted by Crippen LogP contribution is -2.42. The van der Waals surface area contributed by atoms with Crippen LogP contribution in [0.15, 0.2) is 29.4 Å². The maximum absolute atomic E-state index is 12.2. The quantitative estimate of drug-likeness (QED) is 0.720. The summed E-state index contributed by atoms with van der Waals surface area (Å²) in [5, 5.41) is 10.3. The van der Waals surface area contributed by atoms with E-state index >= 15 is 0 Å². The monoisotopic (exact) mass is 255 g/mol. The lowest BCUT2D eigenvalue weighted by atomic mass is 10.1. The minimum Gasteiger partial charge on any atom is -0.592 e. The molecule has 5 nitrogen and oxygen atoms in total. The zero-order valence-corrected chi connectivity index (χ0v) is 10.3. The van der Waals surface area contributed by atoms with E-state index in [1.54, 1.807) is 28.7 Å². The molecule has 2 rings (SSSR count). The van der Waals surface area contributed by atoms with Gasteiger partial charge in [0.05, 0.1) is 12.6 Å². The van der Waals surface area contributed by atoms with E-state index in [1.807, 2.05) is 0 Å². The highest BCUT2D eigenvalue weighted by Gasteiger charge is 2.31. The van der Waals surface area contributed by atoms with Gasteiger partial charge in [0.1, 0.15) is 11.4 Å². The van der Waals surface area contributed by atoms with Crippen LogP contribution in [0.4, 0.5) is 0 Å². The largest absolute Gasteiger partial charge is 0.592 e. The first-order valence-corrected chi connectivity index (χ1v) is 6.80. The average molecular weight is 255 g/mol. The van der Waals surface area contributed by atoms with E-state index in [0.29, 0.717) is 18.1 Å². The Bertz CT molecular complexity index is 352. The number of aliphatic hydroxyl groups is 1. The number of nitrogens with two attached hydrogens (primary N) is 1. The molecule has 3 unspecified atom stereocenters.